The summed E-state index contributed by atoms with van der Waals surface area (Å²) in [5.74, 6) is -0.546. The maximum Gasteiger partial charge on any atom is 0.329 e. The molecule has 5 heteroatoms. The average molecular weight is 298 g/mol. The van der Waals surface area contributed by atoms with Crippen molar-refractivity contribution in [3.63, 3.8) is 0 Å². The van der Waals surface area contributed by atoms with Crippen LogP contribution in [0.25, 0.3) is 0 Å². The fourth-order valence-corrected chi connectivity index (χ4v) is 2.82. The Morgan fingerprint density at radius 1 is 1.38 bits per heavy atom. The van der Waals surface area contributed by atoms with Crippen LogP contribution in [0.2, 0.25) is 0 Å². The Morgan fingerprint density at radius 3 is 2.48 bits per heavy atom. The Bertz CT molecular complexity index is 389. The highest BCUT2D eigenvalue weighted by Crippen LogP contribution is 2.34. The smallest absolute Gasteiger partial charge is 0.329 e. The topological polar surface area (TPSA) is 69.6 Å². The third-order valence-electron chi connectivity index (χ3n) is 4.83. The van der Waals surface area contributed by atoms with Crippen molar-refractivity contribution in [1.29, 1.82) is 0 Å². The lowest BCUT2D eigenvalue weighted by molar-refractivity contribution is -0.148. The zero-order valence-corrected chi connectivity index (χ0v) is 14.0. The minimum absolute atomic E-state index is 0.117. The van der Waals surface area contributed by atoms with Gasteiger partial charge in [-0.05, 0) is 30.6 Å². The Labute approximate surface area is 128 Å². The van der Waals surface area contributed by atoms with Crippen LogP contribution in [0.4, 0.5) is 4.79 Å². The molecule has 0 aromatic heterocycles. The van der Waals surface area contributed by atoms with Crippen molar-refractivity contribution in [2.45, 2.75) is 65.8 Å². The van der Waals surface area contributed by atoms with E-state index >= 15 is 0 Å². The van der Waals surface area contributed by atoms with Crippen LogP contribution in [0.1, 0.15) is 60.3 Å². The normalized spacial score (nSPS) is 24.0. The number of nitrogens with one attached hydrogen (secondary N) is 1. The highest BCUT2D eigenvalue weighted by molar-refractivity contribution is 5.87. The number of amides is 2. The Kier molecular flexibility index (Phi) is 5.65. The van der Waals surface area contributed by atoms with Crippen LogP contribution in [-0.2, 0) is 4.79 Å². The van der Waals surface area contributed by atoms with Gasteiger partial charge in [0, 0.05) is 13.1 Å². The predicted molar refractivity (Wildman–Crippen MR) is 83.2 cm³/mol. The van der Waals surface area contributed by atoms with E-state index in [0.29, 0.717) is 31.8 Å². The van der Waals surface area contributed by atoms with Crippen molar-refractivity contribution in [3.8, 4) is 0 Å². The number of carbonyl (C=O) groups excluding carboxylic acids is 1. The molecule has 1 heterocycles. The molecule has 2 amide bonds. The first-order valence-electron chi connectivity index (χ1n) is 7.94. The second kappa shape index (κ2) is 6.67. The number of hydrogen-bond donors (Lipinski definition) is 2. The first-order valence-corrected chi connectivity index (χ1v) is 7.94. The number of nitrogens with zero attached hydrogens (tertiary/aromatic N) is 1. The molecule has 0 spiro atoms. The molecule has 0 saturated carbocycles. The van der Waals surface area contributed by atoms with Gasteiger partial charge in [-0.15, -0.1) is 0 Å². The number of hydrogen-bond acceptors (Lipinski definition) is 2. The van der Waals surface area contributed by atoms with Crippen molar-refractivity contribution in [2.75, 3.05) is 13.1 Å². The number of carboxylic acids is 1. The maximum absolute atomic E-state index is 12.4. The highest BCUT2D eigenvalue weighted by atomic mass is 16.4. The number of likely N-dealkylation sites (tertiary alicyclic amines) is 1. The molecule has 2 N–H and O–H groups in total. The van der Waals surface area contributed by atoms with Gasteiger partial charge in [-0.25, -0.2) is 9.59 Å². The summed E-state index contributed by atoms with van der Waals surface area (Å²) in [5.41, 5.74) is -0.893. The standard InChI is InChI=1S/C16H30N2O3/c1-6-8-16(13(19)20)9-7-10-18(16)14(21)17-11-12(2)15(3,4)5/h12H,6-11H2,1-5H3,(H,17,21)(H,19,20). The van der Waals surface area contributed by atoms with E-state index in [4.69, 9.17) is 0 Å². The number of urea groups is 1. The molecular formula is C16H30N2O3. The molecule has 0 aromatic rings. The Morgan fingerprint density at radius 2 is 2.00 bits per heavy atom. The van der Waals surface area contributed by atoms with Gasteiger partial charge in [0.1, 0.15) is 5.54 Å². The van der Waals surface area contributed by atoms with Crippen LogP contribution in [0.15, 0.2) is 0 Å². The van der Waals surface area contributed by atoms with E-state index in [1.54, 1.807) is 0 Å². The van der Waals surface area contributed by atoms with Crippen molar-refractivity contribution in [1.82, 2.24) is 10.2 Å². The summed E-state index contributed by atoms with van der Waals surface area (Å²) in [6.45, 7) is 11.6. The van der Waals surface area contributed by atoms with Crippen molar-refractivity contribution < 1.29 is 14.7 Å². The van der Waals surface area contributed by atoms with E-state index in [1.165, 1.54) is 4.90 Å². The van der Waals surface area contributed by atoms with E-state index in [0.717, 1.165) is 12.8 Å². The molecule has 0 aliphatic carbocycles. The molecule has 1 fully saturated rings. The van der Waals surface area contributed by atoms with E-state index in [-0.39, 0.29) is 11.4 Å². The van der Waals surface area contributed by atoms with Crippen LogP contribution in [-0.4, -0.2) is 40.6 Å². The molecule has 1 saturated heterocycles. The van der Waals surface area contributed by atoms with Gasteiger partial charge in [0.2, 0.25) is 0 Å². The molecule has 122 valence electrons. The van der Waals surface area contributed by atoms with Gasteiger partial charge in [-0.3, -0.25) is 0 Å². The zero-order chi connectivity index (χ0) is 16.3. The monoisotopic (exact) mass is 298 g/mol. The summed E-state index contributed by atoms with van der Waals surface area (Å²) < 4.78 is 0. The van der Waals surface area contributed by atoms with Crippen LogP contribution in [0.5, 0.6) is 0 Å². The van der Waals surface area contributed by atoms with Gasteiger partial charge >= 0.3 is 12.0 Å². The van der Waals surface area contributed by atoms with E-state index in [2.05, 4.69) is 33.0 Å². The maximum atomic E-state index is 12.4. The molecule has 2 atom stereocenters. The van der Waals surface area contributed by atoms with Gasteiger partial charge < -0.3 is 15.3 Å². The van der Waals surface area contributed by atoms with Crippen LogP contribution in [0.3, 0.4) is 0 Å². The van der Waals surface area contributed by atoms with Gasteiger partial charge in [0.25, 0.3) is 0 Å². The lowest BCUT2D eigenvalue weighted by Gasteiger charge is -2.35. The third kappa shape index (κ3) is 3.89. The van der Waals surface area contributed by atoms with Gasteiger partial charge in [0.05, 0.1) is 0 Å². The quantitative estimate of drug-likeness (QED) is 0.819. The molecule has 1 aliphatic heterocycles. The summed E-state index contributed by atoms with van der Waals surface area (Å²) in [6.07, 6.45) is 2.59. The molecule has 1 aliphatic rings. The third-order valence-corrected chi connectivity index (χ3v) is 4.83. The molecule has 21 heavy (non-hydrogen) atoms. The zero-order valence-electron chi connectivity index (χ0n) is 14.0. The van der Waals surface area contributed by atoms with E-state index in [9.17, 15) is 14.7 Å². The SMILES string of the molecule is CCCC1(C(=O)O)CCCN1C(=O)NCC(C)C(C)(C)C. The molecule has 0 aromatic carbocycles. The van der Waals surface area contributed by atoms with Crippen molar-refractivity contribution >= 4 is 12.0 Å². The highest BCUT2D eigenvalue weighted by Gasteiger charge is 2.49. The number of carbonyl (C=O) groups is 2. The summed E-state index contributed by atoms with van der Waals surface area (Å²) in [5, 5.41) is 12.5. The predicted octanol–water partition coefficient (Wildman–Crippen LogP) is 3.10. The van der Waals surface area contributed by atoms with Gasteiger partial charge in [-0.1, -0.05) is 41.0 Å². The summed E-state index contributed by atoms with van der Waals surface area (Å²) in [7, 11) is 0. The van der Waals surface area contributed by atoms with Crippen LogP contribution < -0.4 is 5.32 Å². The summed E-state index contributed by atoms with van der Waals surface area (Å²) in [4.78, 5) is 25.7. The summed E-state index contributed by atoms with van der Waals surface area (Å²) >= 11 is 0. The largest absolute Gasteiger partial charge is 0.479 e. The van der Waals surface area contributed by atoms with Crippen LogP contribution in [0, 0.1) is 11.3 Å². The molecule has 2 unspecified atom stereocenters. The minimum Gasteiger partial charge on any atom is -0.479 e. The first kappa shape index (κ1) is 17.8. The lowest BCUT2D eigenvalue weighted by atomic mass is 9.82. The number of rotatable bonds is 5. The summed E-state index contributed by atoms with van der Waals surface area (Å²) in [6, 6.07) is -0.237. The van der Waals surface area contributed by atoms with E-state index in [1.807, 2.05) is 6.92 Å². The fourth-order valence-electron chi connectivity index (χ4n) is 2.82. The number of carboxylic acid groups (broad SMARTS) is 1. The first-order chi connectivity index (χ1) is 9.65. The minimum atomic E-state index is -1.01. The Hall–Kier alpha value is -1.26. The van der Waals surface area contributed by atoms with Crippen molar-refractivity contribution in [2.24, 2.45) is 11.3 Å². The van der Waals surface area contributed by atoms with Crippen LogP contribution >= 0.6 is 0 Å². The second-order valence-corrected chi connectivity index (χ2v) is 7.30. The molecule has 0 radical (unpaired) electrons. The lowest BCUT2D eigenvalue weighted by Crippen LogP contribution is -2.56. The van der Waals surface area contributed by atoms with Gasteiger partial charge in [0.15, 0.2) is 0 Å². The van der Waals surface area contributed by atoms with E-state index < -0.39 is 11.5 Å². The molecule has 0 bridgehead atoms. The molecule has 5 nitrogen and oxygen atoms in total. The fraction of sp³-hybridized carbons (Fsp3) is 0.875. The van der Waals surface area contributed by atoms with Crippen molar-refractivity contribution in [3.05, 3.63) is 0 Å². The number of aliphatic carboxylic acids is 1. The molecule has 1 rings (SSSR count). The average Bonchev–Trinajstić information content (AvgIpc) is 2.80. The Balaban J connectivity index is 2.74. The molecular weight excluding hydrogens is 268 g/mol. The van der Waals surface area contributed by atoms with Gasteiger partial charge in [-0.2, -0.15) is 0 Å². The second-order valence-electron chi connectivity index (χ2n) is 7.30.